The predicted octanol–water partition coefficient (Wildman–Crippen LogP) is 1.85. The van der Waals surface area contributed by atoms with E-state index in [9.17, 15) is 9.59 Å². The molecule has 3 rings (SSSR count). The highest BCUT2D eigenvalue weighted by Gasteiger charge is 2.36. The summed E-state index contributed by atoms with van der Waals surface area (Å²) in [5.41, 5.74) is 1.67. The fourth-order valence-electron chi connectivity index (χ4n) is 3.32. The minimum absolute atomic E-state index is 0.0997. The summed E-state index contributed by atoms with van der Waals surface area (Å²) in [4.78, 5) is 23.7. The molecule has 0 aromatic heterocycles. The minimum atomic E-state index is -0.121. The van der Waals surface area contributed by atoms with Crippen molar-refractivity contribution in [1.29, 1.82) is 0 Å². The molecule has 3 N–H and O–H groups in total. The Labute approximate surface area is 148 Å². The van der Waals surface area contributed by atoms with Gasteiger partial charge < -0.3 is 20.7 Å². The molecule has 1 heterocycles. The Hall–Kier alpha value is -2.08. The van der Waals surface area contributed by atoms with E-state index in [1.165, 1.54) is 12.8 Å². The number of nitrogens with one attached hydrogen (secondary N) is 3. The van der Waals surface area contributed by atoms with Crippen LogP contribution >= 0.6 is 0 Å². The Morgan fingerprint density at radius 1 is 1.24 bits per heavy atom. The van der Waals surface area contributed by atoms with Crippen LogP contribution in [0.2, 0.25) is 0 Å². The molecular weight excluding hydrogens is 318 g/mol. The van der Waals surface area contributed by atoms with Gasteiger partial charge >= 0.3 is 6.03 Å². The molecule has 1 aliphatic heterocycles. The van der Waals surface area contributed by atoms with Crippen LogP contribution in [0.25, 0.3) is 0 Å². The molecule has 1 aromatic carbocycles. The molecular formula is C19H27N3O3. The number of carbonyl (C=O) groups excluding carboxylic acids is 2. The lowest BCUT2D eigenvalue weighted by atomic mass is 10.0. The molecule has 6 heteroatoms. The summed E-state index contributed by atoms with van der Waals surface area (Å²) in [5.74, 6) is 0.609. The lowest BCUT2D eigenvalue weighted by Gasteiger charge is -2.30. The van der Waals surface area contributed by atoms with Crippen LogP contribution in [0.5, 0.6) is 0 Å². The molecule has 25 heavy (non-hydrogen) atoms. The number of benzene rings is 1. The summed E-state index contributed by atoms with van der Waals surface area (Å²) in [6.45, 7) is 1.27. The van der Waals surface area contributed by atoms with Gasteiger partial charge in [0.25, 0.3) is 5.91 Å². The topological polar surface area (TPSA) is 79.5 Å². The van der Waals surface area contributed by atoms with Gasteiger partial charge in [0.2, 0.25) is 0 Å². The van der Waals surface area contributed by atoms with E-state index in [-0.39, 0.29) is 18.0 Å². The molecule has 2 fully saturated rings. The summed E-state index contributed by atoms with van der Waals surface area (Å²) in [7, 11) is 1.62. The van der Waals surface area contributed by atoms with Crippen LogP contribution in [0.15, 0.2) is 24.3 Å². The Morgan fingerprint density at radius 3 is 2.84 bits per heavy atom. The second-order valence-electron chi connectivity index (χ2n) is 6.90. The Morgan fingerprint density at radius 2 is 2.08 bits per heavy atom. The number of rotatable bonds is 6. The average molecular weight is 345 g/mol. The standard InChI is InChI=1S/C19H27N3O3/c1-20-18(23)15-4-2-3-13(11-15)7-9-21-19(24)22-16-8-10-25-17(12-16)14-5-6-14/h2-4,11,14,16-17H,5-10,12H2,1H3,(H,20,23)(H2,21,22,24). The Balaban J connectivity index is 1.39. The lowest BCUT2D eigenvalue weighted by Crippen LogP contribution is -2.47. The van der Waals surface area contributed by atoms with Gasteiger partial charge in [0.1, 0.15) is 0 Å². The second kappa shape index (κ2) is 8.34. The monoisotopic (exact) mass is 345 g/mol. The second-order valence-corrected chi connectivity index (χ2v) is 6.90. The van der Waals surface area contributed by atoms with E-state index in [2.05, 4.69) is 16.0 Å². The van der Waals surface area contributed by atoms with Crippen molar-refractivity contribution < 1.29 is 14.3 Å². The highest BCUT2D eigenvalue weighted by molar-refractivity contribution is 5.94. The van der Waals surface area contributed by atoms with Crippen LogP contribution in [0.4, 0.5) is 4.79 Å². The zero-order chi connectivity index (χ0) is 17.6. The van der Waals surface area contributed by atoms with E-state index in [4.69, 9.17) is 4.74 Å². The summed E-state index contributed by atoms with van der Waals surface area (Å²) in [6, 6.07) is 7.55. The summed E-state index contributed by atoms with van der Waals surface area (Å²) < 4.78 is 5.79. The van der Waals surface area contributed by atoms with Crippen LogP contribution in [0, 0.1) is 5.92 Å². The summed E-state index contributed by atoms with van der Waals surface area (Å²) in [6.07, 6.45) is 5.34. The van der Waals surface area contributed by atoms with Gasteiger partial charge in [-0.3, -0.25) is 4.79 Å². The van der Waals surface area contributed by atoms with E-state index >= 15 is 0 Å². The van der Waals surface area contributed by atoms with Crippen LogP contribution in [0.1, 0.15) is 41.6 Å². The molecule has 1 aromatic rings. The van der Waals surface area contributed by atoms with E-state index < -0.39 is 0 Å². The van der Waals surface area contributed by atoms with Crippen molar-refractivity contribution in [3.05, 3.63) is 35.4 Å². The highest BCUT2D eigenvalue weighted by Crippen LogP contribution is 2.38. The fraction of sp³-hybridized carbons (Fsp3) is 0.579. The van der Waals surface area contributed by atoms with Crippen molar-refractivity contribution in [3.8, 4) is 0 Å². The first-order valence-corrected chi connectivity index (χ1v) is 9.12. The molecule has 3 amide bonds. The third kappa shape index (κ3) is 5.19. The van der Waals surface area contributed by atoms with Gasteiger partial charge in [0.05, 0.1) is 6.10 Å². The van der Waals surface area contributed by atoms with Crippen molar-refractivity contribution >= 4 is 11.9 Å². The molecule has 0 radical (unpaired) electrons. The predicted molar refractivity (Wildman–Crippen MR) is 95.6 cm³/mol. The normalized spacial score (nSPS) is 22.9. The number of carbonyl (C=O) groups is 2. The van der Waals surface area contributed by atoms with Crippen molar-refractivity contribution in [3.63, 3.8) is 0 Å². The largest absolute Gasteiger partial charge is 0.378 e. The number of hydrogen-bond donors (Lipinski definition) is 3. The van der Waals surface area contributed by atoms with Gasteiger partial charge in [-0.1, -0.05) is 12.1 Å². The summed E-state index contributed by atoms with van der Waals surface area (Å²) in [5, 5.41) is 8.59. The molecule has 2 aliphatic rings. The molecule has 6 nitrogen and oxygen atoms in total. The maximum absolute atomic E-state index is 12.1. The van der Waals surface area contributed by atoms with E-state index in [1.807, 2.05) is 18.2 Å². The molecule has 0 bridgehead atoms. The van der Waals surface area contributed by atoms with Crippen LogP contribution < -0.4 is 16.0 Å². The van der Waals surface area contributed by atoms with Crippen LogP contribution in [0.3, 0.4) is 0 Å². The molecule has 1 saturated carbocycles. The first-order chi connectivity index (χ1) is 12.2. The first kappa shape index (κ1) is 17.7. The van der Waals surface area contributed by atoms with Gasteiger partial charge in [-0.2, -0.15) is 0 Å². The number of hydrogen-bond acceptors (Lipinski definition) is 3. The molecule has 1 aliphatic carbocycles. The third-order valence-corrected chi connectivity index (χ3v) is 4.91. The number of ether oxygens (including phenoxy) is 1. The molecule has 136 valence electrons. The summed E-state index contributed by atoms with van der Waals surface area (Å²) >= 11 is 0. The van der Waals surface area contributed by atoms with Crippen LogP contribution in [-0.2, 0) is 11.2 Å². The zero-order valence-corrected chi connectivity index (χ0v) is 14.7. The van der Waals surface area contributed by atoms with E-state index in [0.29, 0.717) is 30.6 Å². The zero-order valence-electron chi connectivity index (χ0n) is 14.7. The number of urea groups is 1. The SMILES string of the molecule is CNC(=O)c1cccc(CCNC(=O)NC2CCOC(C3CC3)C2)c1. The fourth-order valence-corrected chi connectivity index (χ4v) is 3.32. The van der Waals surface area contributed by atoms with Crippen molar-refractivity contribution in [2.45, 2.75) is 44.2 Å². The molecule has 2 unspecified atom stereocenters. The highest BCUT2D eigenvalue weighted by atomic mass is 16.5. The molecule has 1 saturated heterocycles. The van der Waals surface area contributed by atoms with Crippen molar-refractivity contribution in [2.24, 2.45) is 5.92 Å². The Bertz CT molecular complexity index is 616. The van der Waals surface area contributed by atoms with E-state index in [0.717, 1.165) is 25.0 Å². The maximum atomic E-state index is 12.1. The van der Waals surface area contributed by atoms with Gasteiger partial charge in [0, 0.05) is 31.8 Å². The van der Waals surface area contributed by atoms with Crippen molar-refractivity contribution in [1.82, 2.24) is 16.0 Å². The minimum Gasteiger partial charge on any atom is -0.378 e. The molecule has 0 spiro atoms. The smallest absolute Gasteiger partial charge is 0.315 e. The molecule has 2 atom stereocenters. The Kier molecular flexibility index (Phi) is 5.91. The lowest BCUT2D eigenvalue weighted by molar-refractivity contribution is -0.00913. The van der Waals surface area contributed by atoms with Gasteiger partial charge in [0.15, 0.2) is 0 Å². The van der Waals surface area contributed by atoms with Gasteiger partial charge in [-0.15, -0.1) is 0 Å². The average Bonchev–Trinajstić information content (AvgIpc) is 3.47. The number of amides is 3. The van der Waals surface area contributed by atoms with Gasteiger partial charge in [-0.05, 0) is 55.7 Å². The first-order valence-electron chi connectivity index (χ1n) is 9.12. The quantitative estimate of drug-likeness (QED) is 0.736. The van der Waals surface area contributed by atoms with Crippen LogP contribution in [-0.4, -0.2) is 44.3 Å². The van der Waals surface area contributed by atoms with Gasteiger partial charge in [-0.25, -0.2) is 4.79 Å². The third-order valence-electron chi connectivity index (χ3n) is 4.91. The van der Waals surface area contributed by atoms with E-state index in [1.54, 1.807) is 13.1 Å². The maximum Gasteiger partial charge on any atom is 0.315 e. The van der Waals surface area contributed by atoms with Crippen molar-refractivity contribution in [2.75, 3.05) is 20.2 Å².